The molecule has 2 atom stereocenters. The molecule has 2 aromatic carbocycles. The molecule has 0 saturated carbocycles. The summed E-state index contributed by atoms with van der Waals surface area (Å²) in [5, 5.41) is 5.14. The Labute approximate surface area is 181 Å². The number of anilines is 1. The van der Waals surface area contributed by atoms with Gasteiger partial charge in [0.2, 0.25) is 11.9 Å². The molecule has 1 aliphatic heterocycles. The van der Waals surface area contributed by atoms with Gasteiger partial charge < -0.3 is 4.74 Å². The minimum absolute atomic E-state index is 0.00452. The molecule has 0 aliphatic carbocycles. The standard InChI is InChI=1S/C23H25ClN4O2/c1-23(2,3)21(29)27-19(15-5-9-17(24)10-6-15)13-20(28-22(27)25-14-26-28)16-7-11-18(30-4)12-8-16/h5-12,14,19-20H,13H2,1-4H3/t19-,20+/m1/s1. The number of nitrogens with zero attached hydrogens (tertiary/aromatic N) is 4. The number of carbonyl (C=O) groups excluding carboxylic acids is 1. The molecule has 0 unspecified atom stereocenters. The molecule has 0 spiro atoms. The lowest BCUT2D eigenvalue weighted by molar-refractivity contribution is -0.126. The van der Waals surface area contributed by atoms with Crippen LogP contribution in [0, 0.1) is 5.41 Å². The quantitative estimate of drug-likeness (QED) is 0.590. The summed E-state index contributed by atoms with van der Waals surface area (Å²) in [7, 11) is 1.65. The first-order chi connectivity index (χ1) is 14.3. The molecule has 1 aliphatic rings. The van der Waals surface area contributed by atoms with Gasteiger partial charge in [0.25, 0.3) is 0 Å². The lowest BCUT2D eigenvalue weighted by atomic mass is 9.88. The molecular weight excluding hydrogens is 400 g/mol. The van der Waals surface area contributed by atoms with Crippen molar-refractivity contribution >= 4 is 23.5 Å². The van der Waals surface area contributed by atoms with Crippen LogP contribution < -0.4 is 9.64 Å². The van der Waals surface area contributed by atoms with Gasteiger partial charge in [-0.3, -0.25) is 9.69 Å². The normalized spacial score (nSPS) is 18.8. The maximum atomic E-state index is 13.5. The highest BCUT2D eigenvalue weighted by Crippen LogP contribution is 2.43. The summed E-state index contributed by atoms with van der Waals surface area (Å²) in [4.78, 5) is 19.7. The predicted molar refractivity (Wildman–Crippen MR) is 117 cm³/mol. The maximum Gasteiger partial charge on any atom is 0.235 e. The molecule has 6 nitrogen and oxygen atoms in total. The summed E-state index contributed by atoms with van der Waals surface area (Å²) >= 11 is 6.12. The number of hydrogen-bond donors (Lipinski definition) is 0. The molecule has 0 saturated heterocycles. The van der Waals surface area contributed by atoms with E-state index >= 15 is 0 Å². The topological polar surface area (TPSA) is 60.2 Å². The van der Waals surface area contributed by atoms with E-state index < -0.39 is 5.41 Å². The lowest BCUT2D eigenvalue weighted by Gasteiger charge is -2.41. The van der Waals surface area contributed by atoms with E-state index in [1.165, 1.54) is 6.33 Å². The molecule has 7 heteroatoms. The smallest absolute Gasteiger partial charge is 0.235 e. The molecule has 4 rings (SSSR count). The van der Waals surface area contributed by atoms with Gasteiger partial charge in [-0.1, -0.05) is 56.6 Å². The van der Waals surface area contributed by atoms with E-state index in [0.717, 1.165) is 16.9 Å². The summed E-state index contributed by atoms with van der Waals surface area (Å²) in [6, 6.07) is 15.4. The zero-order valence-corrected chi connectivity index (χ0v) is 18.3. The fourth-order valence-electron chi connectivity index (χ4n) is 3.86. The largest absolute Gasteiger partial charge is 0.497 e. The van der Waals surface area contributed by atoms with Crippen molar-refractivity contribution in [3.8, 4) is 5.75 Å². The van der Waals surface area contributed by atoms with E-state index in [0.29, 0.717) is 17.4 Å². The van der Waals surface area contributed by atoms with E-state index in [4.69, 9.17) is 16.3 Å². The zero-order valence-electron chi connectivity index (χ0n) is 17.5. The van der Waals surface area contributed by atoms with Crippen LogP contribution in [0.15, 0.2) is 54.9 Å². The molecule has 0 bridgehead atoms. The van der Waals surface area contributed by atoms with Crippen molar-refractivity contribution in [2.24, 2.45) is 5.41 Å². The third kappa shape index (κ3) is 3.67. The Morgan fingerprint density at radius 3 is 2.23 bits per heavy atom. The van der Waals surface area contributed by atoms with Crippen molar-refractivity contribution in [3.63, 3.8) is 0 Å². The summed E-state index contributed by atoms with van der Waals surface area (Å²) in [5.41, 5.74) is 1.54. The number of fused-ring (bicyclic) bond motifs is 1. The van der Waals surface area contributed by atoms with Gasteiger partial charge in [-0.05, 0) is 41.8 Å². The Kier molecular flexibility index (Phi) is 5.28. The molecule has 3 aromatic rings. The summed E-state index contributed by atoms with van der Waals surface area (Å²) in [6.45, 7) is 5.76. The van der Waals surface area contributed by atoms with Crippen molar-refractivity contribution in [1.82, 2.24) is 14.8 Å². The van der Waals surface area contributed by atoms with Gasteiger partial charge in [0.15, 0.2) is 0 Å². The number of amides is 1. The first kappa shape index (κ1) is 20.4. The number of halogens is 1. The van der Waals surface area contributed by atoms with Crippen LogP contribution in [0.25, 0.3) is 0 Å². The molecular formula is C23H25ClN4O2. The van der Waals surface area contributed by atoms with Gasteiger partial charge >= 0.3 is 0 Å². The third-order valence-electron chi connectivity index (χ3n) is 5.44. The van der Waals surface area contributed by atoms with Crippen molar-refractivity contribution in [2.45, 2.75) is 39.3 Å². The molecule has 0 radical (unpaired) electrons. The first-order valence-electron chi connectivity index (χ1n) is 9.92. The zero-order chi connectivity index (χ0) is 21.5. The number of carbonyl (C=O) groups is 1. The first-order valence-corrected chi connectivity index (χ1v) is 10.3. The number of ether oxygens (including phenoxy) is 1. The second kappa shape index (κ2) is 7.76. The molecule has 1 aromatic heterocycles. The van der Waals surface area contributed by atoms with Crippen LogP contribution in [0.1, 0.15) is 50.4 Å². The lowest BCUT2D eigenvalue weighted by Crippen LogP contribution is -2.47. The Balaban J connectivity index is 1.83. The van der Waals surface area contributed by atoms with Gasteiger partial charge in [-0.15, -0.1) is 0 Å². The fourth-order valence-corrected chi connectivity index (χ4v) is 3.99. The monoisotopic (exact) mass is 424 g/mol. The van der Waals surface area contributed by atoms with Crippen LogP contribution >= 0.6 is 11.6 Å². The highest BCUT2D eigenvalue weighted by atomic mass is 35.5. The molecule has 30 heavy (non-hydrogen) atoms. The molecule has 1 amide bonds. The Morgan fingerprint density at radius 1 is 1.03 bits per heavy atom. The van der Waals surface area contributed by atoms with Crippen molar-refractivity contribution < 1.29 is 9.53 Å². The minimum atomic E-state index is -0.561. The van der Waals surface area contributed by atoms with E-state index in [1.54, 1.807) is 12.0 Å². The van der Waals surface area contributed by atoms with Gasteiger partial charge in [-0.25, -0.2) is 4.68 Å². The van der Waals surface area contributed by atoms with Crippen LogP contribution in [0.3, 0.4) is 0 Å². The maximum absolute atomic E-state index is 13.5. The van der Waals surface area contributed by atoms with Crippen LogP contribution in [-0.2, 0) is 4.79 Å². The van der Waals surface area contributed by atoms with Gasteiger partial charge in [-0.2, -0.15) is 10.1 Å². The number of methoxy groups -OCH3 is 1. The average Bonchev–Trinajstić information content (AvgIpc) is 3.22. The number of hydrogen-bond acceptors (Lipinski definition) is 4. The Morgan fingerprint density at radius 2 is 1.63 bits per heavy atom. The predicted octanol–water partition coefficient (Wildman–Crippen LogP) is 5.05. The van der Waals surface area contributed by atoms with Gasteiger partial charge in [0, 0.05) is 10.4 Å². The Hall–Kier alpha value is -2.86. The van der Waals surface area contributed by atoms with Crippen LogP contribution in [0.4, 0.5) is 5.95 Å². The van der Waals surface area contributed by atoms with Crippen molar-refractivity contribution in [1.29, 1.82) is 0 Å². The minimum Gasteiger partial charge on any atom is -0.497 e. The fraction of sp³-hybridized carbons (Fsp3) is 0.348. The van der Waals surface area contributed by atoms with Gasteiger partial charge in [0.05, 0.1) is 19.2 Å². The van der Waals surface area contributed by atoms with Crippen molar-refractivity contribution in [3.05, 3.63) is 71.0 Å². The van der Waals surface area contributed by atoms with E-state index in [1.807, 2.05) is 74.0 Å². The van der Waals surface area contributed by atoms with Crippen molar-refractivity contribution in [2.75, 3.05) is 12.0 Å². The van der Waals surface area contributed by atoms with E-state index in [9.17, 15) is 4.79 Å². The summed E-state index contributed by atoms with van der Waals surface area (Å²) < 4.78 is 7.14. The van der Waals surface area contributed by atoms with Gasteiger partial charge in [0.1, 0.15) is 12.1 Å². The third-order valence-corrected chi connectivity index (χ3v) is 5.69. The Bertz CT molecular complexity index is 1040. The number of rotatable bonds is 3. The molecule has 0 fully saturated rings. The van der Waals surface area contributed by atoms with Crippen LogP contribution in [-0.4, -0.2) is 27.8 Å². The molecule has 2 heterocycles. The molecule has 0 N–H and O–H groups in total. The van der Waals surface area contributed by atoms with E-state index in [2.05, 4.69) is 10.1 Å². The summed E-state index contributed by atoms with van der Waals surface area (Å²) in [6.07, 6.45) is 2.19. The van der Waals surface area contributed by atoms with Crippen LogP contribution in [0.2, 0.25) is 5.02 Å². The molecule has 156 valence electrons. The SMILES string of the molecule is COc1ccc([C@@H]2C[C@H](c3ccc(Cl)cc3)N(C(=O)C(C)(C)C)c3ncnn32)cc1. The highest BCUT2D eigenvalue weighted by Gasteiger charge is 2.42. The second-order valence-electron chi connectivity index (χ2n) is 8.52. The number of aromatic nitrogens is 3. The highest BCUT2D eigenvalue weighted by molar-refractivity contribution is 6.30. The number of benzene rings is 2. The van der Waals surface area contributed by atoms with E-state index in [-0.39, 0.29) is 18.0 Å². The average molecular weight is 425 g/mol. The summed E-state index contributed by atoms with van der Waals surface area (Å²) in [5.74, 6) is 1.36. The second-order valence-corrected chi connectivity index (χ2v) is 8.96. The van der Waals surface area contributed by atoms with Crippen LogP contribution in [0.5, 0.6) is 5.75 Å².